The molecule has 28 heavy (non-hydrogen) atoms. The number of ether oxygens (including phenoxy) is 2. The first-order valence-electron chi connectivity index (χ1n) is 10.7. The summed E-state index contributed by atoms with van der Waals surface area (Å²) < 4.78 is 12.1. The Morgan fingerprint density at radius 2 is 1.46 bits per heavy atom. The molecule has 1 N–H and O–H groups in total. The van der Waals surface area contributed by atoms with Crippen molar-refractivity contribution in [1.29, 1.82) is 0 Å². The molecule has 160 valence electrons. The van der Waals surface area contributed by atoms with E-state index in [1.807, 2.05) is 32.9 Å². The minimum absolute atomic E-state index is 0.0496. The van der Waals surface area contributed by atoms with Crippen molar-refractivity contribution in [2.45, 2.75) is 80.8 Å². The predicted octanol–water partition coefficient (Wildman–Crippen LogP) is 6.14. The molecular formula is C24H41NO3. The Balaban J connectivity index is 3.12. The lowest BCUT2D eigenvalue weighted by molar-refractivity contribution is -0.146. The van der Waals surface area contributed by atoms with Gasteiger partial charge in [0.05, 0.1) is 6.61 Å². The van der Waals surface area contributed by atoms with Gasteiger partial charge in [0.25, 0.3) is 5.91 Å². The smallest absolute Gasteiger partial charge is 0.256 e. The molecule has 0 radical (unpaired) electrons. The van der Waals surface area contributed by atoms with E-state index in [-0.39, 0.29) is 5.91 Å². The van der Waals surface area contributed by atoms with Crippen LogP contribution in [0.5, 0.6) is 5.75 Å². The zero-order valence-corrected chi connectivity index (χ0v) is 19.4. The van der Waals surface area contributed by atoms with E-state index in [1.54, 1.807) is 0 Å². The Hall–Kier alpha value is -1.55. The van der Waals surface area contributed by atoms with Crippen LogP contribution in [0.3, 0.4) is 0 Å². The molecule has 0 atom stereocenters. The topological polar surface area (TPSA) is 47.6 Å². The fourth-order valence-corrected chi connectivity index (χ4v) is 3.79. The number of amides is 1. The second-order valence-electron chi connectivity index (χ2n) is 9.22. The molecule has 0 aliphatic rings. The summed E-state index contributed by atoms with van der Waals surface area (Å²) >= 11 is 0. The van der Waals surface area contributed by atoms with Crippen molar-refractivity contribution in [3.05, 3.63) is 23.3 Å². The molecule has 1 aromatic rings. The van der Waals surface area contributed by atoms with Gasteiger partial charge in [0.15, 0.2) is 0 Å². The van der Waals surface area contributed by atoms with Gasteiger partial charge >= 0.3 is 0 Å². The van der Waals surface area contributed by atoms with E-state index < -0.39 is 5.60 Å². The third kappa shape index (κ3) is 7.12. The molecule has 0 saturated carbocycles. The van der Waals surface area contributed by atoms with Gasteiger partial charge in [-0.05, 0) is 74.6 Å². The molecule has 0 spiro atoms. The molecule has 0 unspecified atom stereocenters. The highest BCUT2D eigenvalue weighted by molar-refractivity contribution is 5.97. The first-order chi connectivity index (χ1) is 13.0. The van der Waals surface area contributed by atoms with Crippen molar-refractivity contribution < 1.29 is 14.3 Å². The van der Waals surface area contributed by atoms with E-state index in [0.717, 1.165) is 22.6 Å². The number of aryl methyl sites for hydroxylation is 2. The average molecular weight is 392 g/mol. The number of nitrogens with one attached hydrogen (secondary N) is 1. The lowest BCUT2D eigenvalue weighted by atomic mass is 9.83. The van der Waals surface area contributed by atoms with Crippen molar-refractivity contribution in [3.63, 3.8) is 0 Å². The van der Waals surface area contributed by atoms with Crippen LogP contribution in [0.1, 0.15) is 72.4 Å². The van der Waals surface area contributed by atoms with Gasteiger partial charge in [0, 0.05) is 12.3 Å². The van der Waals surface area contributed by atoms with Gasteiger partial charge in [-0.25, -0.2) is 0 Å². The number of hydrogen-bond donors (Lipinski definition) is 1. The second-order valence-corrected chi connectivity index (χ2v) is 9.22. The maximum atomic E-state index is 13.4. The van der Waals surface area contributed by atoms with Crippen molar-refractivity contribution in [2.75, 3.05) is 18.5 Å². The van der Waals surface area contributed by atoms with Crippen LogP contribution < -0.4 is 10.1 Å². The third-order valence-corrected chi connectivity index (χ3v) is 4.59. The van der Waals surface area contributed by atoms with E-state index in [4.69, 9.17) is 9.47 Å². The van der Waals surface area contributed by atoms with E-state index >= 15 is 0 Å². The summed E-state index contributed by atoms with van der Waals surface area (Å²) in [5.41, 5.74) is 2.07. The Kier molecular flexibility index (Phi) is 9.49. The van der Waals surface area contributed by atoms with Crippen LogP contribution in [-0.2, 0) is 9.53 Å². The highest BCUT2D eigenvalue weighted by atomic mass is 16.5. The first-order valence-corrected chi connectivity index (χ1v) is 10.7. The number of carbonyl (C=O) groups is 1. The van der Waals surface area contributed by atoms with Crippen LogP contribution in [0.25, 0.3) is 0 Å². The maximum Gasteiger partial charge on any atom is 0.256 e. The van der Waals surface area contributed by atoms with Crippen molar-refractivity contribution in [1.82, 2.24) is 0 Å². The monoisotopic (exact) mass is 391 g/mol. The van der Waals surface area contributed by atoms with E-state index in [9.17, 15) is 4.79 Å². The van der Waals surface area contributed by atoms with Gasteiger partial charge in [-0.15, -0.1) is 0 Å². The average Bonchev–Trinajstić information content (AvgIpc) is 2.52. The standard InChI is InChI=1S/C24H41NO3/c1-10-28-24(13-16(2)3,14-17(4)5)23(26)25-21-11-19(8)22(20(9)12-21)27-15-18(6)7/h11-12,16-18H,10,13-15H2,1-9H3,(H,25,26). The molecule has 4 heteroatoms. The molecule has 4 nitrogen and oxygen atoms in total. The molecule has 1 rings (SSSR count). The quantitative estimate of drug-likeness (QED) is 0.492. The van der Waals surface area contributed by atoms with Crippen LogP contribution in [0, 0.1) is 31.6 Å². The van der Waals surface area contributed by atoms with Crippen molar-refractivity contribution >= 4 is 11.6 Å². The Labute approximate surface area is 172 Å². The lowest BCUT2D eigenvalue weighted by Crippen LogP contribution is -2.47. The van der Waals surface area contributed by atoms with Gasteiger partial charge in [-0.3, -0.25) is 4.79 Å². The van der Waals surface area contributed by atoms with Gasteiger partial charge < -0.3 is 14.8 Å². The fourth-order valence-electron chi connectivity index (χ4n) is 3.79. The molecular weight excluding hydrogens is 350 g/mol. The highest BCUT2D eigenvalue weighted by Crippen LogP contribution is 2.32. The summed E-state index contributed by atoms with van der Waals surface area (Å²) in [7, 11) is 0. The minimum Gasteiger partial charge on any atom is -0.493 e. The number of rotatable bonds is 11. The third-order valence-electron chi connectivity index (χ3n) is 4.59. The Morgan fingerprint density at radius 3 is 1.86 bits per heavy atom. The fraction of sp³-hybridized carbons (Fsp3) is 0.708. The molecule has 0 heterocycles. The lowest BCUT2D eigenvalue weighted by Gasteiger charge is -2.35. The van der Waals surface area contributed by atoms with E-state index in [2.05, 4.69) is 46.9 Å². The number of hydrogen-bond acceptors (Lipinski definition) is 3. The summed E-state index contributed by atoms with van der Waals surface area (Å²) in [5.74, 6) is 2.06. The Morgan fingerprint density at radius 1 is 0.964 bits per heavy atom. The molecule has 0 fully saturated rings. The van der Waals surface area contributed by atoms with Gasteiger partial charge in [-0.1, -0.05) is 41.5 Å². The summed E-state index contributed by atoms with van der Waals surface area (Å²) in [6.07, 6.45) is 1.41. The van der Waals surface area contributed by atoms with Crippen LogP contribution in [0.4, 0.5) is 5.69 Å². The van der Waals surface area contributed by atoms with Gasteiger partial charge in [0.2, 0.25) is 0 Å². The van der Waals surface area contributed by atoms with E-state index in [0.29, 0.717) is 43.8 Å². The first kappa shape index (κ1) is 24.5. The molecule has 0 aliphatic carbocycles. The largest absolute Gasteiger partial charge is 0.493 e. The van der Waals surface area contributed by atoms with Crippen LogP contribution in [0.2, 0.25) is 0 Å². The van der Waals surface area contributed by atoms with Crippen molar-refractivity contribution in [3.8, 4) is 5.75 Å². The molecule has 0 bridgehead atoms. The van der Waals surface area contributed by atoms with Crippen LogP contribution in [0.15, 0.2) is 12.1 Å². The number of carbonyl (C=O) groups excluding carboxylic acids is 1. The van der Waals surface area contributed by atoms with Crippen LogP contribution >= 0.6 is 0 Å². The summed E-state index contributed by atoms with van der Waals surface area (Å²) in [6.45, 7) is 20.0. The molecule has 0 aromatic heterocycles. The number of anilines is 1. The van der Waals surface area contributed by atoms with Crippen molar-refractivity contribution in [2.24, 2.45) is 17.8 Å². The molecule has 1 amide bonds. The highest BCUT2D eigenvalue weighted by Gasteiger charge is 2.40. The second kappa shape index (κ2) is 10.8. The number of benzene rings is 1. The molecule has 0 aliphatic heterocycles. The predicted molar refractivity (Wildman–Crippen MR) is 118 cm³/mol. The molecule has 1 aromatic carbocycles. The summed E-state index contributed by atoms with van der Waals surface area (Å²) in [5, 5.41) is 3.13. The van der Waals surface area contributed by atoms with Gasteiger partial charge in [-0.2, -0.15) is 0 Å². The Bertz CT molecular complexity index is 602. The zero-order valence-electron chi connectivity index (χ0n) is 19.4. The zero-order chi connectivity index (χ0) is 21.5. The van der Waals surface area contributed by atoms with Crippen LogP contribution in [-0.4, -0.2) is 24.7 Å². The summed E-state index contributed by atoms with van der Waals surface area (Å²) in [4.78, 5) is 13.4. The minimum atomic E-state index is -0.800. The molecule has 0 saturated heterocycles. The SMILES string of the molecule is CCOC(CC(C)C)(CC(C)C)C(=O)Nc1cc(C)c(OCC(C)C)c(C)c1. The normalized spacial score (nSPS) is 12.1. The van der Waals surface area contributed by atoms with E-state index in [1.165, 1.54) is 0 Å². The maximum absolute atomic E-state index is 13.4. The van der Waals surface area contributed by atoms with Gasteiger partial charge in [0.1, 0.15) is 11.4 Å². The summed E-state index contributed by atoms with van der Waals surface area (Å²) in [6, 6.07) is 3.98.